The van der Waals surface area contributed by atoms with Crippen molar-refractivity contribution < 1.29 is 9.18 Å². The third-order valence-corrected chi connectivity index (χ3v) is 5.88. The van der Waals surface area contributed by atoms with E-state index >= 15 is 0 Å². The molecule has 1 aliphatic rings. The summed E-state index contributed by atoms with van der Waals surface area (Å²) in [5.74, 6) is 0.553. The Morgan fingerprint density at radius 1 is 1.33 bits per heavy atom. The number of thiazole rings is 1. The van der Waals surface area contributed by atoms with E-state index in [2.05, 4.69) is 10.4 Å². The van der Waals surface area contributed by atoms with Crippen LogP contribution in [0.4, 0.5) is 4.39 Å². The van der Waals surface area contributed by atoms with E-state index in [1.165, 1.54) is 17.1 Å². The van der Waals surface area contributed by atoms with Gasteiger partial charge in [0, 0.05) is 36.5 Å². The van der Waals surface area contributed by atoms with E-state index in [4.69, 9.17) is 0 Å². The van der Waals surface area contributed by atoms with E-state index in [-0.39, 0.29) is 17.6 Å². The smallest absolute Gasteiger partial charge is 0.223 e. The Labute approximate surface area is 146 Å². The number of hydrogen-bond acceptors (Lipinski definition) is 3. The molecule has 1 saturated heterocycles. The molecule has 0 N–H and O–H groups in total. The van der Waals surface area contributed by atoms with Crippen LogP contribution >= 0.6 is 11.3 Å². The Morgan fingerprint density at radius 2 is 2.00 bits per heavy atom. The molecule has 1 aromatic carbocycles. The van der Waals surface area contributed by atoms with Crippen LogP contribution in [0.25, 0.3) is 0 Å². The summed E-state index contributed by atoms with van der Waals surface area (Å²) in [6.07, 6.45) is 2.46. The Hall–Kier alpha value is -1.75. The summed E-state index contributed by atoms with van der Waals surface area (Å²) >= 11 is 1.73. The molecule has 1 amide bonds. The van der Waals surface area contributed by atoms with Gasteiger partial charge in [-0.25, -0.2) is 9.37 Å². The van der Waals surface area contributed by atoms with Crippen LogP contribution in [0.3, 0.4) is 0 Å². The Balaban J connectivity index is 1.52. The normalized spacial score (nSPS) is 17.0. The number of benzene rings is 1. The second kappa shape index (κ2) is 7.43. The summed E-state index contributed by atoms with van der Waals surface area (Å²) in [7, 11) is 0. The number of carbonyl (C=O) groups excluding carboxylic acids is 1. The number of hydrogen-bond donors (Lipinski definition) is 0. The van der Waals surface area contributed by atoms with Crippen molar-refractivity contribution in [1.29, 1.82) is 0 Å². The van der Waals surface area contributed by atoms with Crippen molar-refractivity contribution in [2.75, 3.05) is 13.1 Å². The van der Waals surface area contributed by atoms with E-state index in [1.54, 1.807) is 23.5 Å². The first kappa shape index (κ1) is 17.1. The lowest BCUT2D eigenvalue weighted by Gasteiger charge is -2.32. The average molecular weight is 346 g/mol. The lowest BCUT2D eigenvalue weighted by Crippen LogP contribution is -2.38. The molecule has 2 aromatic rings. The monoisotopic (exact) mass is 346 g/mol. The number of rotatable bonds is 4. The third kappa shape index (κ3) is 4.01. The number of aryl methyl sites for hydroxylation is 1. The van der Waals surface area contributed by atoms with Crippen LogP contribution in [0, 0.1) is 12.7 Å². The Morgan fingerprint density at radius 3 is 2.58 bits per heavy atom. The van der Waals surface area contributed by atoms with Gasteiger partial charge in [-0.05, 0) is 43.4 Å². The summed E-state index contributed by atoms with van der Waals surface area (Å²) in [6.45, 7) is 5.66. The predicted octanol–water partition coefficient (Wildman–Crippen LogP) is 4.49. The molecule has 1 fully saturated rings. The molecule has 3 nitrogen and oxygen atoms in total. The Kier molecular flexibility index (Phi) is 5.29. The number of carbonyl (C=O) groups is 1. The highest BCUT2D eigenvalue weighted by atomic mass is 32.1. The van der Waals surface area contributed by atoms with Crippen LogP contribution in [0.2, 0.25) is 0 Å². The number of amides is 1. The molecule has 0 radical (unpaired) electrons. The van der Waals surface area contributed by atoms with Gasteiger partial charge in [0.2, 0.25) is 5.91 Å². The molecular formula is C19H23FN2OS. The maximum absolute atomic E-state index is 13.0. The summed E-state index contributed by atoms with van der Waals surface area (Å²) in [6, 6.07) is 6.45. The molecule has 1 aliphatic heterocycles. The number of piperidine rings is 1. The van der Waals surface area contributed by atoms with Gasteiger partial charge < -0.3 is 4.90 Å². The average Bonchev–Trinajstić information content (AvgIpc) is 3.02. The van der Waals surface area contributed by atoms with Crippen LogP contribution in [0.15, 0.2) is 29.6 Å². The van der Waals surface area contributed by atoms with Crippen molar-refractivity contribution in [3.8, 4) is 0 Å². The van der Waals surface area contributed by atoms with Crippen molar-refractivity contribution in [3.05, 3.63) is 51.7 Å². The van der Waals surface area contributed by atoms with Crippen molar-refractivity contribution in [1.82, 2.24) is 9.88 Å². The molecule has 1 atom stereocenters. The van der Waals surface area contributed by atoms with Gasteiger partial charge in [-0.1, -0.05) is 19.1 Å². The van der Waals surface area contributed by atoms with Crippen molar-refractivity contribution in [2.24, 2.45) is 0 Å². The molecule has 0 bridgehead atoms. The molecular weight excluding hydrogens is 323 g/mol. The lowest BCUT2D eigenvalue weighted by molar-refractivity contribution is -0.132. The molecule has 2 heterocycles. The molecule has 0 spiro atoms. The SMILES string of the molecule is Cc1csc(C2CCN(C(=O)CC(C)c3ccc(F)cc3)CC2)n1. The molecule has 128 valence electrons. The molecule has 5 heteroatoms. The minimum Gasteiger partial charge on any atom is -0.343 e. The summed E-state index contributed by atoms with van der Waals surface area (Å²) in [5.41, 5.74) is 2.10. The zero-order valence-corrected chi connectivity index (χ0v) is 15.0. The van der Waals surface area contributed by atoms with Crippen LogP contribution in [0.1, 0.15) is 54.3 Å². The van der Waals surface area contributed by atoms with Crippen LogP contribution < -0.4 is 0 Å². The van der Waals surface area contributed by atoms with Gasteiger partial charge in [0.25, 0.3) is 0 Å². The van der Waals surface area contributed by atoms with E-state index in [0.717, 1.165) is 37.2 Å². The minimum atomic E-state index is -0.239. The first-order chi connectivity index (χ1) is 11.5. The number of aromatic nitrogens is 1. The summed E-state index contributed by atoms with van der Waals surface area (Å²) in [5, 5.41) is 3.30. The second-order valence-electron chi connectivity index (χ2n) is 6.64. The van der Waals surface area contributed by atoms with Gasteiger partial charge in [-0.2, -0.15) is 0 Å². The Bertz CT molecular complexity index is 690. The second-order valence-corrected chi connectivity index (χ2v) is 7.53. The first-order valence-electron chi connectivity index (χ1n) is 8.48. The van der Waals surface area contributed by atoms with E-state index in [9.17, 15) is 9.18 Å². The highest BCUT2D eigenvalue weighted by Gasteiger charge is 2.26. The van der Waals surface area contributed by atoms with Crippen molar-refractivity contribution in [3.63, 3.8) is 0 Å². The van der Waals surface area contributed by atoms with Crippen LogP contribution in [0.5, 0.6) is 0 Å². The largest absolute Gasteiger partial charge is 0.343 e. The standard InChI is InChI=1S/C19H23FN2OS/c1-13(15-3-5-17(20)6-4-15)11-18(23)22-9-7-16(8-10-22)19-21-14(2)12-24-19/h3-6,12-13,16H,7-11H2,1-2H3. The molecule has 0 saturated carbocycles. The van der Waals surface area contributed by atoms with Crippen molar-refractivity contribution in [2.45, 2.75) is 44.9 Å². The summed E-state index contributed by atoms with van der Waals surface area (Å²) < 4.78 is 13.0. The van der Waals surface area contributed by atoms with Gasteiger partial charge in [0.1, 0.15) is 5.82 Å². The lowest BCUT2D eigenvalue weighted by atomic mass is 9.94. The number of likely N-dealkylation sites (tertiary alicyclic amines) is 1. The maximum atomic E-state index is 13.0. The highest BCUT2D eigenvalue weighted by molar-refractivity contribution is 7.09. The number of nitrogens with zero attached hydrogens (tertiary/aromatic N) is 2. The van der Waals surface area contributed by atoms with Crippen LogP contribution in [-0.2, 0) is 4.79 Å². The third-order valence-electron chi connectivity index (χ3n) is 4.75. The predicted molar refractivity (Wildman–Crippen MR) is 94.8 cm³/mol. The molecule has 24 heavy (non-hydrogen) atoms. The van der Waals surface area contributed by atoms with Gasteiger partial charge in [0.15, 0.2) is 0 Å². The zero-order valence-electron chi connectivity index (χ0n) is 14.2. The quantitative estimate of drug-likeness (QED) is 0.817. The summed E-state index contributed by atoms with van der Waals surface area (Å²) in [4.78, 5) is 19.1. The molecule has 3 rings (SSSR count). The van der Waals surface area contributed by atoms with Crippen molar-refractivity contribution >= 4 is 17.2 Å². The van der Waals surface area contributed by atoms with Crippen LogP contribution in [-0.4, -0.2) is 28.9 Å². The molecule has 0 aliphatic carbocycles. The van der Waals surface area contributed by atoms with Gasteiger partial charge in [0.05, 0.1) is 5.01 Å². The highest BCUT2D eigenvalue weighted by Crippen LogP contribution is 2.31. The first-order valence-corrected chi connectivity index (χ1v) is 9.36. The van der Waals surface area contributed by atoms with Gasteiger partial charge in [-0.3, -0.25) is 4.79 Å². The van der Waals surface area contributed by atoms with E-state index < -0.39 is 0 Å². The zero-order chi connectivity index (χ0) is 17.1. The van der Waals surface area contributed by atoms with Gasteiger partial charge >= 0.3 is 0 Å². The topological polar surface area (TPSA) is 33.2 Å². The fourth-order valence-corrected chi connectivity index (χ4v) is 4.20. The van der Waals surface area contributed by atoms with Gasteiger partial charge in [-0.15, -0.1) is 11.3 Å². The van der Waals surface area contributed by atoms with E-state index in [0.29, 0.717) is 12.3 Å². The number of halogens is 1. The molecule has 1 unspecified atom stereocenters. The minimum absolute atomic E-state index is 0.109. The maximum Gasteiger partial charge on any atom is 0.223 e. The molecule has 1 aromatic heterocycles. The fraction of sp³-hybridized carbons (Fsp3) is 0.474. The fourth-order valence-electron chi connectivity index (χ4n) is 3.24. The van der Waals surface area contributed by atoms with E-state index in [1.807, 2.05) is 18.7 Å².